The van der Waals surface area contributed by atoms with Gasteiger partial charge in [0.05, 0.1) is 33.4 Å². The van der Waals surface area contributed by atoms with Gasteiger partial charge in [-0.05, 0) is 68.4 Å². The van der Waals surface area contributed by atoms with Crippen LogP contribution in [0.2, 0.25) is 0 Å². The van der Waals surface area contributed by atoms with E-state index in [1.54, 1.807) is 0 Å². The van der Waals surface area contributed by atoms with Crippen molar-refractivity contribution in [3.8, 4) is 28.1 Å². The third-order valence-electron chi connectivity index (χ3n) is 12.8. The molecule has 290 valence electrons. The summed E-state index contributed by atoms with van der Waals surface area (Å²) in [5.41, 5.74) is 14.5. The zero-order valence-corrected chi connectivity index (χ0v) is 33.9. The van der Waals surface area contributed by atoms with Crippen LogP contribution in [-0.4, -0.2) is 15.3 Å². The van der Waals surface area contributed by atoms with Crippen LogP contribution in [-0.2, 0) is 5.41 Å². The molecule has 62 heavy (non-hydrogen) atoms. The predicted molar refractivity (Wildman–Crippen MR) is 260 cm³/mol. The van der Waals surface area contributed by atoms with Crippen LogP contribution in [0.25, 0.3) is 77.6 Å². The van der Waals surface area contributed by atoms with Crippen molar-refractivity contribution in [3.63, 3.8) is 0 Å². The van der Waals surface area contributed by atoms with Gasteiger partial charge in [-0.2, -0.15) is 0 Å². The molecule has 0 atom stereocenters. The summed E-state index contributed by atoms with van der Waals surface area (Å²) < 4.78 is 2.36. The molecule has 0 fully saturated rings. The zero-order valence-electron chi connectivity index (χ0n) is 33.9. The van der Waals surface area contributed by atoms with E-state index in [-0.39, 0.29) is 0 Å². The second kappa shape index (κ2) is 14.3. The van der Waals surface area contributed by atoms with Gasteiger partial charge >= 0.3 is 0 Å². The fourth-order valence-electron chi connectivity index (χ4n) is 10.1. The zero-order chi connectivity index (χ0) is 41.2. The van der Waals surface area contributed by atoms with Crippen molar-refractivity contribution in [1.29, 1.82) is 0 Å². The predicted octanol–water partition coefficient (Wildman–Crippen LogP) is 14.9. The number of aliphatic imine (C=N–C) groups is 1. The second-order valence-electron chi connectivity index (χ2n) is 16.1. The minimum absolute atomic E-state index is 0.691. The van der Waals surface area contributed by atoms with Crippen LogP contribution in [0.5, 0.6) is 0 Å². The van der Waals surface area contributed by atoms with E-state index in [1.165, 1.54) is 33.0 Å². The number of fused-ring (bicyclic) bond motifs is 6. The van der Waals surface area contributed by atoms with E-state index in [9.17, 15) is 0 Å². The van der Waals surface area contributed by atoms with Crippen LogP contribution < -0.4 is 0 Å². The Hall–Kier alpha value is -8.14. The molecule has 9 aromatic carbocycles. The Balaban J connectivity index is 1.14. The Morgan fingerprint density at radius 2 is 1.06 bits per heavy atom. The molecule has 0 saturated carbocycles. The maximum atomic E-state index is 5.62. The Kier molecular flexibility index (Phi) is 8.23. The van der Waals surface area contributed by atoms with Crippen LogP contribution in [0.15, 0.2) is 230 Å². The third kappa shape index (κ3) is 5.32. The van der Waals surface area contributed by atoms with Gasteiger partial charge < -0.3 is 0 Å². The van der Waals surface area contributed by atoms with E-state index in [2.05, 4.69) is 230 Å². The van der Waals surface area contributed by atoms with Crippen molar-refractivity contribution in [2.45, 2.75) is 5.41 Å². The Labute approximate surface area is 360 Å². The number of aromatic nitrogens is 2. The first-order chi connectivity index (χ1) is 30.7. The van der Waals surface area contributed by atoms with Crippen LogP contribution in [0.1, 0.15) is 27.8 Å². The van der Waals surface area contributed by atoms with E-state index in [0.29, 0.717) is 0 Å². The highest BCUT2D eigenvalue weighted by Gasteiger charge is 2.47. The molecule has 0 saturated heterocycles. The first-order valence-electron chi connectivity index (χ1n) is 21.2. The first kappa shape index (κ1) is 35.8. The second-order valence-corrected chi connectivity index (χ2v) is 16.1. The van der Waals surface area contributed by atoms with E-state index in [4.69, 9.17) is 9.98 Å². The lowest BCUT2D eigenvalue weighted by Crippen LogP contribution is -2.36. The minimum atomic E-state index is -0.691. The standard InChI is InChI=1S/C59H39N3/c1-2-45-56(41-35-33-40(34-36-41)47-30-18-22-39-19-12-13-27-46(39)47)49-29-14-16-31-52(49)61-58(45)62-54-32-17-15-28-48(54)50-37-53-51(38-55(50)62)59(43-23-8-4-9-24-43,44-25-10-5-11-26-44)57(60-53)42-20-6-3-7-21-42/h2-38H,1H2. The maximum absolute atomic E-state index is 5.62. The Morgan fingerprint density at radius 3 is 1.79 bits per heavy atom. The molecule has 1 aliphatic heterocycles. The molecule has 0 radical (unpaired) electrons. The molecular formula is C59H39N3. The number of hydrogen-bond acceptors (Lipinski definition) is 2. The van der Waals surface area contributed by atoms with Crippen molar-refractivity contribution >= 4 is 61.0 Å². The average Bonchev–Trinajstić information content (AvgIpc) is 3.86. The lowest BCUT2D eigenvalue weighted by atomic mass is 9.65. The lowest BCUT2D eigenvalue weighted by Gasteiger charge is -2.34. The van der Waals surface area contributed by atoms with Crippen molar-refractivity contribution in [3.05, 3.63) is 253 Å². The summed E-state index contributed by atoms with van der Waals surface area (Å²) in [5.74, 6) is 0.838. The van der Waals surface area contributed by atoms with Crippen LogP contribution in [0.4, 0.5) is 5.69 Å². The van der Waals surface area contributed by atoms with Gasteiger partial charge in [0.2, 0.25) is 0 Å². The van der Waals surface area contributed by atoms with Gasteiger partial charge in [0, 0.05) is 32.8 Å². The number of hydrogen-bond donors (Lipinski definition) is 0. The normalized spacial score (nSPS) is 13.1. The molecule has 0 aliphatic carbocycles. The minimum Gasteiger partial charge on any atom is -0.293 e. The molecule has 2 aromatic heterocycles. The summed E-state index contributed by atoms with van der Waals surface area (Å²) in [4.78, 5) is 11.2. The molecule has 3 heteroatoms. The van der Waals surface area contributed by atoms with Crippen LogP contribution in [0, 0.1) is 0 Å². The molecular weight excluding hydrogens is 751 g/mol. The molecule has 0 spiro atoms. The van der Waals surface area contributed by atoms with Gasteiger partial charge in [-0.3, -0.25) is 9.56 Å². The van der Waals surface area contributed by atoms with Crippen LogP contribution >= 0.6 is 0 Å². The van der Waals surface area contributed by atoms with Crippen molar-refractivity contribution in [2.24, 2.45) is 4.99 Å². The number of benzene rings is 9. The molecule has 11 aromatic rings. The smallest absolute Gasteiger partial charge is 0.146 e. The largest absolute Gasteiger partial charge is 0.293 e. The highest BCUT2D eigenvalue weighted by molar-refractivity contribution is 6.20. The molecule has 12 rings (SSSR count). The maximum Gasteiger partial charge on any atom is 0.146 e. The van der Waals surface area contributed by atoms with Gasteiger partial charge in [0.25, 0.3) is 0 Å². The van der Waals surface area contributed by atoms with Gasteiger partial charge in [-0.25, -0.2) is 4.98 Å². The molecule has 3 nitrogen and oxygen atoms in total. The highest BCUT2D eigenvalue weighted by atomic mass is 15.1. The highest BCUT2D eigenvalue weighted by Crippen LogP contribution is 2.53. The lowest BCUT2D eigenvalue weighted by molar-refractivity contribution is 0.851. The molecule has 3 heterocycles. The fraction of sp³-hybridized carbons (Fsp3) is 0.0169. The SMILES string of the molecule is C=Cc1c(-n2c3ccccc3c3cc4c(cc32)C(c2ccccc2)(c2ccccc2)C(c2ccccc2)=N4)nc2ccccc2c1-c1ccc(-c2cccc3ccccc23)cc1. The van der Waals surface area contributed by atoms with Crippen LogP contribution in [0.3, 0.4) is 0 Å². The third-order valence-corrected chi connectivity index (χ3v) is 12.8. The topological polar surface area (TPSA) is 30.2 Å². The summed E-state index contributed by atoms with van der Waals surface area (Å²) in [6, 6.07) is 78.4. The van der Waals surface area contributed by atoms with Gasteiger partial charge in [-0.15, -0.1) is 0 Å². The average molecular weight is 790 g/mol. The van der Waals surface area contributed by atoms with E-state index < -0.39 is 5.41 Å². The monoisotopic (exact) mass is 789 g/mol. The number of rotatable bonds is 7. The summed E-state index contributed by atoms with van der Waals surface area (Å²) in [6.45, 7) is 4.49. The van der Waals surface area contributed by atoms with Crippen molar-refractivity contribution in [1.82, 2.24) is 9.55 Å². The summed E-state index contributed by atoms with van der Waals surface area (Å²) in [6.07, 6.45) is 1.99. The molecule has 0 N–H and O–H groups in total. The molecule has 0 bridgehead atoms. The first-order valence-corrected chi connectivity index (χ1v) is 21.2. The summed E-state index contributed by atoms with van der Waals surface area (Å²) in [5, 5.41) is 5.83. The van der Waals surface area contributed by atoms with Gasteiger partial charge in [-0.1, -0.05) is 207 Å². The Bertz CT molecular complexity index is 3520. The quantitative estimate of drug-likeness (QED) is 0.158. The van der Waals surface area contributed by atoms with E-state index in [0.717, 1.165) is 77.7 Å². The fourth-order valence-corrected chi connectivity index (χ4v) is 10.1. The van der Waals surface area contributed by atoms with Crippen molar-refractivity contribution in [2.75, 3.05) is 0 Å². The molecule has 0 unspecified atom stereocenters. The van der Waals surface area contributed by atoms with Gasteiger partial charge in [0.15, 0.2) is 0 Å². The number of para-hydroxylation sites is 2. The number of pyridine rings is 1. The number of nitrogens with zero attached hydrogens (tertiary/aromatic N) is 3. The van der Waals surface area contributed by atoms with Crippen molar-refractivity contribution < 1.29 is 0 Å². The van der Waals surface area contributed by atoms with E-state index in [1.807, 2.05) is 6.08 Å². The molecule has 0 amide bonds. The summed E-state index contributed by atoms with van der Waals surface area (Å²) >= 11 is 0. The van der Waals surface area contributed by atoms with E-state index >= 15 is 0 Å². The Morgan fingerprint density at radius 1 is 0.468 bits per heavy atom. The van der Waals surface area contributed by atoms with Gasteiger partial charge in [0.1, 0.15) is 5.82 Å². The summed E-state index contributed by atoms with van der Waals surface area (Å²) in [7, 11) is 0. The molecule has 1 aliphatic rings.